The second-order valence-corrected chi connectivity index (χ2v) is 2.22. The molecule has 0 aromatic rings. The third-order valence-corrected chi connectivity index (χ3v) is 1.19. The smallest absolute Gasteiger partial charge is 0.313 e. The highest BCUT2D eigenvalue weighted by atomic mass is 16.5. The molecule has 0 N–H and O–H groups in total. The van der Waals surface area contributed by atoms with Gasteiger partial charge in [0.15, 0.2) is 0 Å². The number of carbonyl (C=O) groups is 2. The van der Waals surface area contributed by atoms with Gasteiger partial charge < -0.3 is 4.74 Å². The quantitative estimate of drug-likeness (QED) is 0.347. The molecule has 0 saturated carbocycles. The molecule has 1 aliphatic heterocycles. The maximum absolute atomic E-state index is 10.6. The zero-order valence-corrected chi connectivity index (χ0v) is 5.22. The third kappa shape index (κ3) is 1.52. The van der Waals surface area contributed by atoms with Crippen LogP contribution in [0.3, 0.4) is 0 Å². The van der Waals surface area contributed by atoms with Crippen LogP contribution in [0.15, 0.2) is 0 Å². The normalized spacial score (nSPS) is 27.9. The van der Waals surface area contributed by atoms with Crippen LogP contribution in [0.25, 0.3) is 0 Å². The topological polar surface area (TPSA) is 43.4 Å². The Hall–Kier alpha value is -0.860. The van der Waals surface area contributed by atoms with Crippen molar-refractivity contribution in [1.29, 1.82) is 0 Å². The minimum atomic E-state index is -0.390. The van der Waals surface area contributed by atoms with Gasteiger partial charge in [-0.15, -0.1) is 0 Å². The van der Waals surface area contributed by atoms with Crippen molar-refractivity contribution in [3.05, 3.63) is 0 Å². The van der Waals surface area contributed by atoms with E-state index in [0.29, 0.717) is 6.42 Å². The summed E-state index contributed by atoms with van der Waals surface area (Å²) in [6, 6.07) is 0. The van der Waals surface area contributed by atoms with Gasteiger partial charge in [0.2, 0.25) is 0 Å². The van der Waals surface area contributed by atoms with Gasteiger partial charge in [-0.3, -0.25) is 9.59 Å². The van der Waals surface area contributed by atoms with Crippen LogP contribution in [-0.4, -0.2) is 17.9 Å². The van der Waals surface area contributed by atoms with Crippen LogP contribution in [0.5, 0.6) is 0 Å². The van der Waals surface area contributed by atoms with Crippen molar-refractivity contribution in [3.8, 4) is 0 Å². The first-order chi connectivity index (χ1) is 4.18. The molecule has 0 aliphatic carbocycles. The van der Waals surface area contributed by atoms with Gasteiger partial charge in [-0.1, -0.05) is 0 Å². The van der Waals surface area contributed by atoms with Crippen molar-refractivity contribution >= 4 is 11.8 Å². The van der Waals surface area contributed by atoms with Crippen molar-refractivity contribution in [1.82, 2.24) is 0 Å². The SMILES string of the molecule is CC1CC(=O)CC(=O)O1. The van der Waals surface area contributed by atoms with Crippen molar-refractivity contribution < 1.29 is 14.3 Å². The van der Waals surface area contributed by atoms with Crippen molar-refractivity contribution in [2.45, 2.75) is 25.9 Å². The number of ketones is 1. The summed E-state index contributed by atoms with van der Waals surface area (Å²) in [6.45, 7) is 1.72. The van der Waals surface area contributed by atoms with Gasteiger partial charge in [-0.2, -0.15) is 0 Å². The number of rotatable bonds is 0. The van der Waals surface area contributed by atoms with Crippen LogP contribution >= 0.6 is 0 Å². The van der Waals surface area contributed by atoms with E-state index in [9.17, 15) is 9.59 Å². The molecule has 3 nitrogen and oxygen atoms in total. The summed E-state index contributed by atoms with van der Waals surface area (Å²) in [5, 5.41) is 0. The van der Waals surface area contributed by atoms with Crippen molar-refractivity contribution in [3.63, 3.8) is 0 Å². The summed E-state index contributed by atoms with van der Waals surface area (Å²) in [5.41, 5.74) is 0. The number of cyclic esters (lactones) is 1. The van der Waals surface area contributed by atoms with E-state index in [2.05, 4.69) is 0 Å². The van der Waals surface area contributed by atoms with E-state index in [1.54, 1.807) is 6.92 Å². The van der Waals surface area contributed by atoms with Crippen LogP contribution in [-0.2, 0) is 14.3 Å². The van der Waals surface area contributed by atoms with Crippen LogP contribution in [0.1, 0.15) is 19.8 Å². The predicted molar refractivity (Wildman–Crippen MR) is 29.8 cm³/mol. The van der Waals surface area contributed by atoms with Gasteiger partial charge >= 0.3 is 5.97 Å². The van der Waals surface area contributed by atoms with E-state index in [0.717, 1.165) is 0 Å². The van der Waals surface area contributed by atoms with E-state index in [1.807, 2.05) is 0 Å². The Balaban J connectivity index is 2.53. The molecule has 0 bridgehead atoms. The Labute approximate surface area is 53.0 Å². The summed E-state index contributed by atoms with van der Waals surface area (Å²) in [6.07, 6.45) is 0.134. The molecular formula is C6H8O3. The molecule has 1 unspecified atom stereocenters. The molecule has 3 heteroatoms. The van der Waals surface area contributed by atoms with Gasteiger partial charge in [0.25, 0.3) is 0 Å². The molecular weight excluding hydrogens is 120 g/mol. The number of hydrogen-bond donors (Lipinski definition) is 0. The van der Waals surface area contributed by atoms with Crippen LogP contribution in [0, 0.1) is 0 Å². The molecule has 0 spiro atoms. The average molecular weight is 128 g/mol. The number of hydrogen-bond acceptors (Lipinski definition) is 3. The van der Waals surface area contributed by atoms with Crippen molar-refractivity contribution in [2.75, 3.05) is 0 Å². The summed E-state index contributed by atoms with van der Waals surface area (Å²) in [4.78, 5) is 21.0. The van der Waals surface area contributed by atoms with Gasteiger partial charge in [0.05, 0.1) is 0 Å². The Morgan fingerprint density at radius 2 is 2.22 bits per heavy atom. The van der Waals surface area contributed by atoms with Gasteiger partial charge in [-0.25, -0.2) is 0 Å². The second-order valence-electron chi connectivity index (χ2n) is 2.22. The highest BCUT2D eigenvalue weighted by Gasteiger charge is 2.22. The fourth-order valence-electron chi connectivity index (χ4n) is 0.861. The highest BCUT2D eigenvalue weighted by Crippen LogP contribution is 2.09. The van der Waals surface area contributed by atoms with E-state index in [-0.39, 0.29) is 18.3 Å². The number of ether oxygens (including phenoxy) is 1. The maximum atomic E-state index is 10.6. The lowest BCUT2D eigenvalue weighted by molar-refractivity contribution is -0.156. The Morgan fingerprint density at radius 3 is 2.67 bits per heavy atom. The summed E-state index contributed by atoms with van der Waals surface area (Å²) in [7, 11) is 0. The molecule has 1 saturated heterocycles. The third-order valence-electron chi connectivity index (χ3n) is 1.19. The molecule has 1 heterocycles. The van der Waals surface area contributed by atoms with Gasteiger partial charge in [0.1, 0.15) is 18.3 Å². The lowest BCUT2D eigenvalue weighted by Crippen LogP contribution is -2.27. The van der Waals surface area contributed by atoms with Crippen LogP contribution in [0.4, 0.5) is 0 Å². The Kier molecular flexibility index (Phi) is 1.51. The van der Waals surface area contributed by atoms with E-state index in [1.165, 1.54) is 0 Å². The van der Waals surface area contributed by atoms with Gasteiger partial charge in [0, 0.05) is 6.42 Å². The standard InChI is InChI=1S/C6H8O3/c1-4-2-5(7)3-6(8)9-4/h4H,2-3H2,1H3. The number of esters is 1. The molecule has 1 atom stereocenters. The second kappa shape index (κ2) is 2.17. The Bertz CT molecular complexity index is 134. The molecule has 0 aromatic carbocycles. The first-order valence-corrected chi connectivity index (χ1v) is 2.89. The molecule has 0 amide bonds. The fourth-order valence-corrected chi connectivity index (χ4v) is 0.861. The monoisotopic (exact) mass is 128 g/mol. The predicted octanol–water partition coefficient (Wildman–Crippen LogP) is 0.281. The summed E-state index contributed by atoms with van der Waals surface area (Å²) >= 11 is 0. The summed E-state index contributed by atoms with van der Waals surface area (Å²) < 4.78 is 4.70. The first-order valence-electron chi connectivity index (χ1n) is 2.89. The first kappa shape index (κ1) is 6.26. The van der Waals surface area contributed by atoms with E-state index in [4.69, 9.17) is 4.74 Å². The minimum Gasteiger partial charge on any atom is -0.462 e. The molecule has 9 heavy (non-hydrogen) atoms. The van der Waals surface area contributed by atoms with E-state index < -0.39 is 5.97 Å². The largest absolute Gasteiger partial charge is 0.462 e. The molecule has 0 radical (unpaired) electrons. The van der Waals surface area contributed by atoms with Crippen molar-refractivity contribution in [2.24, 2.45) is 0 Å². The molecule has 1 rings (SSSR count). The number of Topliss-reactive ketones (excluding diaryl/α,β-unsaturated/α-hetero) is 1. The molecule has 1 fully saturated rings. The van der Waals surface area contributed by atoms with Crippen LogP contribution in [0.2, 0.25) is 0 Å². The lowest BCUT2D eigenvalue weighted by atomic mass is 10.1. The highest BCUT2D eigenvalue weighted by molar-refractivity contribution is 5.97. The van der Waals surface area contributed by atoms with Crippen LogP contribution < -0.4 is 0 Å². The zero-order valence-electron chi connectivity index (χ0n) is 5.22. The molecule has 1 aliphatic rings. The zero-order chi connectivity index (χ0) is 6.85. The maximum Gasteiger partial charge on any atom is 0.313 e. The van der Waals surface area contributed by atoms with Gasteiger partial charge in [-0.05, 0) is 6.92 Å². The lowest BCUT2D eigenvalue weighted by Gasteiger charge is -2.16. The summed E-state index contributed by atoms with van der Waals surface area (Å²) in [5.74, 6) is -0.405. The average Bonchev–Trinajstić information content (AvgIpc) is 1.59. The van der Waals surface area contributed by atoms with E-state index >= 15 is 0 Å². The Morgan fingerprint density at radius 1 is 1.56 bits per heavy atom. The molecule has 50 valence electrons. The number of carbonyl (C=O) groups excluding carboxylic acids is 2. The molecule has 0 aromatic heterocycles. The minimum absolute atomic E-state index is 0.0150. The fraction of sp³-hybridized carbons (Fsp3) is 0.667.